The van der Waals surface area contributed by atoms with Crippen molar-refractivity contribution in [3.05, 3.63) is 59.2 Å². The molecule has 17 heavy (non-hydrogen) atoms. The van der Waals surface area contributed by atoms with Crippen LogP contribution in [0.25, 0.3) is 11.1 Å². The predicted octanol–water partition coefficient (Wildman–Crippen LogP) is 2.99. The topological polar surface area (TPSA) is 20.2 Å². The molecule has 0 saturated heterocycles. The van der Waals surface area contributed by atoms with Crippen molar-refractivity contribution in [3.8, 4) is 11.1 Å². The van der Waals surface area contributed by atoms with E-state index in [1.807, 2.05) is 0 Å². The highest BCUT2D eigenvalue weighted by Gasteiger charge is 2.17. The van der Waals surface area contributed by atoms with E-state index in [2.05, 4.69) is 42.5 Å². The summed E-state index contributed by atoms with van der Waals surface area (Å²) in [7, 11) is 0. The molecule has 0 fully saturated rings. The molecular formula is C16H16O. The average molecular weight is 224 g/mol. The minimum absolute atomic E-state index is 0.234. The smallest absolute Gasteiger partial charge is 0.0471 e. The van der Waals surface area contributed by atoms with E-state index in [1.54, 1.807) is 0 Å². The van der Waals surface area contributed by atoms with E-state index < -0.39 is 0 Å². The van der Waals surface area contributed by atoms with Gasteiger partial charge in [0.05, 0.1) is 0 Å². The normalized spacial score (nSPS) is 13.0. The molecule has 2 aromatic carbocycles. The second-order valence-electron chi connectivity index (χ2n) is 4.57. The fraction of sp³-hybridized carbons (Fsp3) is 0.250. The van der Waals surface area contributed by atoms with Crippen molar-refractivity contribution in [3.63, 3.8) is 0 Å². The first kappa shape index (κ1) is 10.5. The maximum atomic E-state index is 9.12. The van der Waals surface area contributed by atoms with E-state index in [0.717, 1.165) is 19.3 Å². The summed E-state index contributed by atoms with van der Waals surface area (Å²) in [5, 5.41) is 9.12. The SMILES string of the molecule is OCCc1cccc2c1CCc1ccccc1-2. The highest BCUT2D eigenvalue weighted by Crippen LogP contribution is 2.34. The molecule has 86 valence electrons. The molecule has 1 aliphatic carbocycles. The molecule has 0 aromatic heterocycles. The number of aryl methyl sites for hydroxylation is 1. The maximum absolute atomic E-state index is 9.12. The summed E-state index contributed by atoms with van der Waals surface area (Å²) in [6.07, 6.45) is 2.99. The maximum Gasteiger partial charge on any atom is 0.0471 e. The van der Waals surface area contributed by atoms with Crippen molar-refractivity contribution in [2.45, 2.75) is 19.3 Å². The zero-order chi connectivity index (χ0) is 11.7. The van der Waals surface area contributed by atoms with Gasteiger partial charge in [0.25, 0.3) is 0 Å². The molecule has 0 unspecified atom stereocenters. The Morgan fingerprint density at radius 3 is 2.59 bits per heavy atom. The molecule has 0 amide bonds. The summed E-state index contributed by atoms with van der Waals surface area (Å²) in [4.78, 5) is 0. The van der Waals surface area contributed by atoms with E-state index in [1.165, 1.54) is 27.8 Å². The first-order valence-electron chi connectivity index (χ1n) is 6.20. The Kier molecular flexibility index (Phi) is 2.69. The van der Waals surface area contributed by atoms with Crippen LogP contribution in [0.15, 0.2) is 42.5 Å². The molecule has 0 saturated carbocycles. The van der Waals surface area contributed by atoms with Gasteiger partial charge in [0.2, 0.25) is 0 Å². The third-order valence-corrected chi connectivity index (χ3v) is 3.61. The van der Waals surface area contributed by atoms with Crippen LogP contribution >= 0.6 is 0 Å². The first-order chi connectivity index (χ1) is 8.40. The lowest BCUT2D eigenvalue weighted by Gasteiger charge is -2.22. The van der Waals surface area contributed by atoms with Gasteiger partial charge in [-0.15, -0.1) is 0 Å². The van der Waals surface area contributed by atoms with Gasteiger partial charge in [-0.1, -0.05) is 42.5 Å². The Hall–Kier alpha value is -1.60. The van der Waals surface area contributed by atoms with Gasteiger partial charge in [0.1, 0.15) is 0 Å². The van der Waals surface area contributed by atoms with Gasteiger partial charge < -0.3 is 5.11 Å². The number of aliphatic hydroxyl groups is 1. The first-order valence-corrected chi connectivity index (χ1v) is 6.20. The predicted molar refractivity (Wildman–Crippen MR) is 70.1 cm³/mol. The van der Waals surface area contributed by atoms with Crippen LogP contribution in [0.3, 0.4) is 0 Å². The molecule has 0 radical (unpaired) electrons. The minimum Gasteiger partial charge on any atom is -0.396 e. The highest BCUT2D eigenvalue weighted by atomic mass is 16.2. The molecule has 0 spiro atoms. The van der Waals surface area contributed by atoms with Gasteiger partial charge in [-0.2, -0.15) is 0 Å². The number of hydrogen-bond donors (Lipinski definition) is 1. The molecule has 0 heterocycles. The quantitative estimate of drug-likeness (QED) is 0.831. The van der Waals surface area contributed by atoms with Gasteiger partial charge in [-0.05, 0) is 47.1 Å². The molecule has 3 rings (SSSR count). The summed E-state index contributed by atoms with van der Waals surface area (Å²) in [5.41, 5.74) is 6.91. The molecule has 1 aliphatic rings. The lowest BCUT2D eigenvalue weighted by atomic mass is 9.83. The lowest BCUT2D eigenvalue weighted by Crippen LogP contribution is -2.07. The van der Waals surface area contributed by atoms with Crippen molar-refractivity contribution in [1.29, 1.82) is 0 Å². The summed E-state index contributed by atoms with van der Waals surface area (Å²) in [6, 6.07) is 15.1. The summed E-state index contributed by atoms with van der Waals surface area (Å²) in [5.74, 6) is 0. The lowest BCUT2D eigenvalue weighted by molar-refractivity contribution is 0.299. The second kappa shape index (κ2) is 4.34. The van der Waals surface area contributed by atoms with Crippen molar-refractivity contribution < 1.29 is 5.11 Å². The molecule has 2 aromatic rings. The fourth-order valence-electron chi connectivity index (χ4n) is 2.80. The largest absolute Gasteiger partial charge is 0.396 e. The van der Waals surface area contributed by atoms with Gasteiger partial charge in [0, 0.05) is 6.61 Å². The fourth-order valence-corrected chi connectivity index (χ4v) is 2.80. The van der Waals surface area contributed by atoms with Gasteiger partial charge >= 0.3 is 0 Å². The minimum atomic E-state index is 0.234. The van der Waals surface area contributed by atoms with Crippen molar-refractivity contribution in [2.75, 3.05) is 6.61 Å². The molecule has 1 N–H and O–H groups in total. The van der Waals surface area contributed by atoms with Crippen LogP contribution in [0, 0.1) is 0 Å². The van der Waals surface area contributed by atoms with Crippen LogP contribution in [0.4, 0.5) is 0 Å². The van der Waals surface area contributed by atoms with Crippen molar-refractivity contribution in [1.82, 2.24) is 0 Å². The van der Waals surface area contributed by atoms with Crippen LogP contribution in [0.1, 0.15) is 16.7 Å². The van der Waals surface area contributed by atoms with E-state index >= 15 is 0 Å². The molecule has 0 bridgehead atoms. The van der Waals surface area contributed by atoms with Gasteiger partial charge in [-0.3, -0.25) is 0 Å². The standard InChI is InChI=1S/C16H16O/c17-11-10-13-5-3-7-16-14-6-2-1-4-12(14)8-9-15(13)16/h1-7,17H,8-11H2. The average Bonchev–Trinajstić information content (AvgIpc) is 2.39. The van der Waals surface area contributed by atoms with E-state index in [-0.39, 0.29) is 6.61 Å². The van der Waals surface area contributed by atoms with Crippen molar-refractivity contribution in [2.24, 2.45) is 0 Å². The monoisotopic (exact) mass is 224 g/mol. The molecule has 1 nitrogen and oxygen atoms in total. The Labute approximate surface area is 102 Å². The highest BCUT2D eigenvalue weighted by molar-refractivity contribution is 5.74. The van der Waals surface area contributed by atoms with E-state index in [0.29, 0.717) is 0 Å². The number of aliphatic hydroxyl groups excluding tert-OH is 1. The second-order valence-corrected chi connectivity index (χ2v) is 4.57. The number of rotatable bonds is 2. The Bertz CT molecular complexity index is 543. The van der Waals surface area contributed by atoms with Crippen LogP contribution in [-0.4, -0.2) is 11.7 Å². The molecular weight excluding hydrogens is 208 g/mol. The van der Waals surface area contributed by atoms with Crippen LogP contribution < -0.4 is 0 Å². The summed E-state index contributed by atoms with van der Waals surface area (Å²) >= 11 is 0. The third kappa shape index (κ3) is 1.77. The number of hydrogen-bond acceptors (Lipinski definition) is 1. The molecule has 0 atom stereocenters. The van der Waals surface area contributed by atoms with Crippen LogP contribution in [0.2, 0.25) is 0 Å². The van der Waals surface area contributed by atoms with Crippen molar-refractivity contribution >= 4 is 0 Å². The summed E-state index contributed by atoms with van der Waals surface area (Å²) in [6.45, 7) is 0.234. The number of benzene rings is 2. The Morgan fingerprint density at radius 2 is 1.71 bits per heavy atom. The van der Waals surface area contributed by atoms with E-state index in [4.69, 9.17) is 5.11 Å². The zero-order valence-corrected chi connectivity index (χ0v) is 9.82. The Morgan fingerprint density at radius 1 is 0.882 bits per heavy atom. The molecule has 1 heteroatoms. The van der Waals surface area contributed by atoms with Gasteiger partial charge in [0.15, 0.2) is 0 Å². The van der Waals surface area contributed by atoms with Crippen LogP contribution in [0.5, 0.6) is 0 Å². The zero-order valence-electron chi connectivity index (χ0n) is 9.82. The summed E-state index contributed by atoms with van der Waals surface area (Å²) < 4.78 is 0. The third-order valence-electron chi connectivity index (χ3n) is 3.61. The van der Waals surface area contributed by atoms with Crippen LogP contribution in [-0.2, 0) is 19.3 Å². The number of fused-ring (bicyclic) bond motifs is 3. The van der Waals surface area contributed by atoms with E-state index in [9.17, 15) is 0 Å². The Balaban J connectivity index is 2.17. The molecule has 0 aliphatic heterocycles. The van der Waals surface area contributed by atoms with Gasteiger partial charge in [-0.25, -0.2) is 0 Å².